The quantitative estimate of drug-likeness (QED) is 0.628. The Morgan fingerprint density at radius 1 is 1.20 bits per heavy atom. The molecule has 2 rings (SSSR count). The molecule has 136 valence electrons. The summed E-state index contributed by atoms with van der Waals surface area (Å²) in [6, 6.07) is 7.61. The third-order valence-electron chi connectivity index (χ3n) is 3.41. The van der Waals surface area contributed by atoms with Crippen molar-refractivity contribution in [3.05, 3.63) is 24.3 Å². The number of rotatable bonds is 10. The maximum atomic E-state index is 12.3. The molecule has 8 heteroatoms. The molecule has 1 N–H and O–H groups in total. The molecule has 0 saturated carbocycles. The molecule has 1 aromatic heterocycles. The predicted octanol–water partition coefficient (Wildman–Crippen LogP) is 4.03. The van der Waals surface area contributed by atoms with Crippen LogP contribution in [0.25, 0.3) is 0 Å². The maximum absolute atomic E-state index is 12.3. The van der Waals surface area contributed by atoms with Crippen LogP contribution in [-0.4, -0.2) is 47.0 Å². The summed E-state index contributed by atoms with van der Waals surface area (Å²) < 4.78 is 5.93. The van der Waals surface area contributed by atoms with Gasteiger partial charge in [0.05, 0.1) is 12.9 Å². The molecular weight excluding hydrogens is 356 g/mol. The van der Waals surface area contributed by atoms with Gasteiger partial charge in [-0.1, -0.05) is 36.9 Å². The second-order valence-corrected chi connectivity index (χ2v) is 7.60. The molecule has 0 aliphatic rings. The van der Waals surface area contributed by atoms with E-state index in [4.69, 9.17) is 4.74 Å². The van der Waals surface area contributed by atoms with Crippen molar-refractivity contribution >= 4 is 39.8 Å². The number of nitrogens with one attached hydrogen (secondary N) is 1. The zero-order valence-corrected chi connectivity index (χ0v) is 16.5. The highest BCUT2D eigenvalue weighted by molar-refractivity contribution is 8.01. The molecule has 1 amide bonds. The fourth-order valence-electron chi connectivity index (χ4n) is 2.23. The molecule has 0 spiro atoms. The molecule has 1 heterocycles. The number of nitrogens with zero attached hydrogens (tertiary/aromatic N) is 3. The summed E-state index contributed by atoms with van der Waals surface area (Å²) in [6.07, 6.45) is 1.95. The van der Waals surface area contributed by atoms with E-state index >= 15 is 0 Å². The molecule has 0 atom stereocenters. The summed E-state index contributed by atoms with van der Waals surface area (Å²) in [5, 5.41) is 12.2. The van der Waals surface area contributed by atoms with Gasteiger partial charge >= 0.3 is 0 Å². The Kier molecular flexibility index (Phi) is 8.00. The third-order valence-corrected chi connectivity index (χ3v) is 5.36. The number of ether oxygens (including phenoxy) is 1. The summed E-state index contributed by atoms with van der Waals surface area (Å²) in [5.41, 5.74) is 0.918. The van der Waals surface area contributed by atoms with E-state index in [9.17, 15) is 4.79 Å². The van der Waals surface area contributed by atoms with E-state index in [1.807, 2.05) is 29.2 Å². The fraction of sp³-hybridized carbons (Fsp3) is 0.471. The highest BCUT2D eigenvalue weighted by Gasteiger charge is 2.14. The highest BCUT2D eigenvalue weighted by atomic mass is 32.2. The van der Waals surface area contributed by atoms with Gasteiger partial charge in [-0.2, -0.15) is 0 Å². The first-order valence-electron chi connectivity index (χ1n) is 8.31. The van der Waals surface area contributed by atoms with Crippen LogP contribution >= 0.6 is 23.1 Å². The second-order valence-electron chi connectivity index (χ2n) is 5.40. The number of carbonyl (C=O) groups excluding carboxylic acids is 1. The van der Waals surface area contributed by atoms with Gasteiger partial charge in [0.2, 0.25) is 11.0 Å². The number of methoxy groups -OCH3 is 1. The van der Waals surface area contributed by atoms with Gasteiger partial charge in [-0.25, -0.2) is 0 Å². The van der Waals surface area contributed by atoms with Gasteiger partial charge in [0.15, 0.2) is 4.34 Å². The number of amides is 1. The average Bonchev–Trinajstić information content (AvgIpc) is 3.07. The molecule has 0 bridgehead atoms. The average molecular weight is 381 g/mol. The second kappa shape index (κ2) is 10.2. The van der Waals surface area contributed by atoms with Crippen LogP contribution < -0.4 is 10.1 Å². The summed E-state index contributed by atoms with van der Waals surface area (Å²) in [6.45, 7) is 5.80. The molecule has 6 nitrogen and oxygen atoms in total. The first kappa shape index (κ1) is 19.5. The van der Waals surface area contributed by atoms with Gasteiger partial charge in [-0.05, 0) is 37.1 Å². The van der Waals surface area contributed by atoms with E-state index in [0.29, 0.717) is 10.9 Å². The number of carbonyl (C=O) groups is 1. The molecule has 0 aliphatic carbocycles. The van der Waals surface area contributed by atoms with Gasteiger partial charge in [-0.3, -0.25) is 4.79 Å². The number of anilines is 2. The topological polar surface area (TPSA) is 67.4 Å². The lowest BCUT2D eigenvalue weighted by molar-refractivity contribution is -0.128. The first-order valence-corrected chi connectivity index (χ1v) is 10.1. The number of hydrogen-bond donors (Lipinski definition) is 1. The van der Waals surface area contributed by atoms with E-state index in [-0.39, 0.29) is 5.91 Å². The molecule has 0 aliphatic heterocycles. The van der Waals surface area contributed by atoms with Crippen molar-refractivity contribution in [3.8, 4) is 5.75 Å². The van der Waals surface area contributed by atoms with Crippen molar-refractivity contribution in [1.82, 2.24) is 15.1 Å². The molecule has 0 unspecified atom stereocenters. The number of thioether (sulfide) groups is 1. The van der Waals surface area contributed by atoms with Gasteiger partial charge in [0.1, 0.15) is 5.75 Å². The maximum Gasteiger partial charge on any atom is 0.233 e. The monoisotopic (exact) mass is 380 g/mol. The van der Waals surface area contributed by atoms with Crippen molar-refractivity contribution in [2.75, 3.05) is 31.3 Å². The first-order chi connectivity index (χ1) is 12.2. The SMILES string of the molecule is CCCN(CCC)C(=O)CSc1nnc(Nc2ccc(OC)cc2)s1. The summed E-state index contributed by atoms with van der Waals surface area (Å²) in [5.74, 6) is 1.37. The Balaban J connectivity index is 1.86. The molecule has 1 aromatic carbocycles. The van der Waals surface area contributed by atoms with Crippen LogP contribution in [0.2, 0.25) is 0 Å². The lowest BCUT2D eigenvalue weighted by Crippen LogP contribution is -2.33. The number of aromatic nitrogens is 2. The van der Waals surface area contributed by atoms with E-state index in [1.54, 1.807) is 7.11 Å². The van der Waals surface area contributed by atoms with E-state index in [2.05, 4.69) is 29.4 Å². The minimum absolute atomic E-state index is 0.161. The minimum atomic E-state index is 0.161. The van der Waals surface area contributed by atoms with Gasteiger partial charge in [-0.15, -0.1) is 10.2 Å². The standard InChI is InChI=1S/C17H24N4O2S2/c1-4-10-21(11-5-2)15(22)12-24-17-20-19-16(25-17)18-13-6-8-14(23-3)9-7-13/h6-9H,4-5,10-12H2,1-3H3,(H,18,19). The van der Waals surface area contributed by atoms with Gasteiger partial charge in [0.25, 0.3) is 0 Å². The zero-order chi connectivity index (χ0) is 18.1. The van der Waals surface area contributed by atoms with Crippen LogP contribution in [0.15, 0.2) is 28.6 Å². The van der Waals surface area contributed by atoms with Crippen LogP contribution in [0.1, 0.15) is 26.7 Å². The van der Waals surface area contributed by atoms with Crippen molar-refractivity contribution in [3.63, 3.8) is 0 Å². The highest BCUT2D eigenvalue weighted by Crippen LogP contribution is 2.28. The lowest BCUT2D eigenvalue weighted by Gasteiger charge is -2.20. The summed E-state index contributed by atoms with van der Waals surface area (Å²) >= 11 is 2.89. The normalized spacial score (nSPS) is 10.5. The molecule has 0 saturated heterocycles. The minimum Gasteiger partial charge on any atom is -0.497 e. The van der Waals surface area contributed by atoms with Crippen molar-refractivity contribution < 1.29 is 9.53 Å². The molecule has 0 radical (unpaired) electrons. The van der Waals surface area contributed by atoms with Crippen LogP contribution in [-0.2, 0) is 4.79 Å². The fourth-order valence-corrected chi connectivity index (χ4v) is 3.91. The zero-order valence-electron chi connectivity index (χ0n) is 14.8. The summed E-state index contributed by atoms with van der Waals surface area (Å²) in [7, 11) is 1.64. The third kappa shape index (κ3) is 6.21. The molecule has 25 heavy (non-hydrogen) atoms. The lowest BCUT2D eigenvalue weighted by atomic mass is 10.3. The van der Waals surface area contributed by atoms with E-state index < -0.39 is 0 Å². The van der Waals surface area contributed by atoms with Crippen LogP contribution in [0.3, 0.4) is 0 Å². The number of hydrogen-bond acceptors (Lipinski definition) is 7. The molecule has 0 fully saturated rings. The Morgan fingerprint density at radius 2 is 1.88 bits per heavy atom. The Hall–Kier alpha value is -1.80. The largest absolute Gasteiger partial charge is 0.497 e. The van der Waals surface area contributed by atoms with Gasteiger partial charge < -0.3 is 15.0 Å². The Bertz CT molecular complexity index is 655. The Labute approximate surface area is 157 Å². The van der Waals surface area contributed by atoms with Crippen molar-refractivity contribution in [2.45, 2.75) is 31.0 Å². The Morgan fingerprint density at radius 3 is 2.48 bits per heavy atom. The van der Waals surface area contributed by atoms with Crippen molar-refractivity contribution in [2.24, 2.45) is 0 Å². The molecular formula is C17H24N4O2S2. The van der Waals surface area contributed by atoms with Crippen LogP contribution in [0, 0.1) is 0 Å². The van der Waals surface area contributed by atoms with Crippen molar-refractivity contribution in [1.29, 1.82) is 0 Å². The predicted molar refractivity (Wildman–Crippen MR) is 104 cm³/mol. The summed E-state index contributed by atoms with van der Waals surface area (Å²) in [4.78, 5) is 14.2. The van der Waals surface area contributed by atoms with E-state index in [0.717, 1.165) is 41.7 Å². The van der Waals surface area contributed by atoms with Gasteiger partial charge in [0, 0.05) is 18.8 Å². The molecule has 2 aromatic rings. The van der Waals surface area contributed by atoms with E-state index in [1.165, 1.54) is 23.1 Å². The van der Waals surface area contributed by atoms with Crippen LogP contribution in [0.4, 0.5) is 10.8 Å². The van der Waals surface area contributed by atoms with Crippen LogP contribution in [0.5, 0.6) is 5.75 Å². The number of benzene rings is 1. The smallest absolute Gasteiger partial charge is 0.233 e.